The Labute approximate surface area is 132 Å². The summed E-state index contributed by atoms with van der Waals surface area (Å²) in [5.41, 5.74) is 0.723. The molecule has 0 radical (unpaired) electrons. The van der Waals surface area contributed by atoms with Crippen molar-refractivity contribution in [1.82, 2.24) is 15.0 Å². The first-order chi connectivity index (χ1) is 11.2. The molecule has 1 aliphatic carbocycles. The normalized spacial score (nSPS) is 25.6. The van der Waals surface area contributed by atoms with Crippen LogP contribution in [0.3, 0.4) is 0 Å². The molecule has 2 atom stereocenters. The number of nitrogens with zero attached hydrogens (tertiary/aromatic N) is 4. The Morgan fingerprint density at radius 3 is 2.91 bits per heavy atom. The van der Waals surface area contributed by atoms with Gasteiger partial charge in [-0.15, -0.1) is 0 Å². The van der Waals surface area contributed by atoms with Gasteiger partial charge in [0, 0.05) is 30.6 Å². The van der Waals surface area contributed by atoms with Crippen LogP contribution in [0, 0.1) is 17.2 Å². The minimum Gasteiger partial charge on any atom is -0.340 e. The van der Waals surface area contributed by atoms with Crippen LogP contribution in [-0.4, -0.2) is 33.9 Å². The second-order valence-corrected chi connectivity index (χ2v) is 6.22. The van der Waals surface area contributed by atoms with E-state index in [1.54, 1.807) is 18.5 Å². The van der Waals surface area contributed by atoms with Crippen LogP contribution in [0.15, 0.2) is 36.9 Å². The molecular formula is C16H16FN5O. The maximum Gasteiger partial charge on any atom is 0.228 e. The fourth-order valence-corrected chi connectivity index (χ4v) is 3.37. The summed E-state index contributed by atoms with van der Waals surface area (Å²) in [6, 6.07) is 3.62. The SMILES string of the molecule is O=C(Nc1cccnc1)[C@@H]1C[C@]12CCN(c1ncc(F)cn1)C2. The Hall–Kier alpha value is -2.57. The predicted molar refractivity (Wildman–Crippen MR) is 82.2 cm³/mol. The molecule has 1 N–H and O–H groups in total. The highest BCUT2D eigenvalue weighted by Crippen LogP contribution is 2.59. The monoisotopic (exact) mass is 313 g/mol. The quantitative estimate of drug-likeness (QED) is 0.936. The van der Waals surface area contributed by atoms with Crippen LogP contribution >= 0.6 is 0 Å². The first kappa shape index (κ1) is 14.0. The maximum atomic E-state index is 12.9. The van der Waals surface area contributed by atoms with Crippen LogP contribution in [0.4, 0.5) is 16.0 Å². The lowest BCUT2D eigenvalue weighted by Gasteiger charge is -2.16. The van der Waals surface area contributed by atoms with Gasteiger partial charge in [-0.2, -0.15) is 0 Å². The van der Waals surface area contributed by atoms with Crippen molar-refractivity contribution in [3.8, 4) is 0 Å². The fourth-order valence-electron chi connectivity index (χ4n) is 3.37. The molecule has 1 saturated carbocycles. The van der Waals surface area contributed by atoms with Crippen LogP contribution < -0.4 is 10.2 Å². The minimum atomic E-state index is -0.442. The molecule has 4 rings (SSSR count). The maximum absolute atomic E-state index is 12.9. The van der Waals surface area contributed by atoms with Crippen LogP contribution in [0.1, 0.15) is 12.8 Å². The molecule has 2 aromatic heterocycles. The second-order valence-electron chi connectivity index (χ2n) is 6.22. The van der Waals surface area contributed by atoms with Gasteiger partial charge in [-0.25, -0.2) is 14.4 Å². The number of rotatable bonds is 3. The Morgan fingerprint density at radius 1 is 1.35 bits per heavy atom. The molecule has 0 aromatic carbocycles. The van der Waals surface area contributed by atoms with Crippen molar-refractivity contribution in [2.75, 3.05) is 23.3 Å². The van der Waals surface area contributed by atoms with E-state index >= 15 is 0 Å². The largest absolute Gasteiger partial charge is 0.340 e. The summed E-state index contributed by atoms with van der Waals surface area (Å²) in [5, 5.41) is 2.92. The zero-order valence-corrected chi connectivity index (χ0v) is 12.4. The standard InChI is InChI=1S/C16H16FN5O/c17-11-7-19-15(20-8-11)22-5-3-16(10-22)6-13(16)14(23)21-12-2-1-4-18-9-12/h1-2,4,7-9,13H,3,5-6,10H2,(H,21,23)/t13-,16-/m0/s1. The predicted octanol–water partition coefficient (Wildman–Crippen LogP) is 1.87. The van der Waals surface area contributed by atoms with Crippen LogP contribution in [0.25, 0.3) is 0 Å². The van der Waals surface area contributed by atoms with Gasteiger partial charge in [0.05, 0.1) is 24.3 Å². The molecule has 6 nitrogen and oxygen atoms in total. The number of amides is 1. The van der Waals surface area contributed by atoms with E-state index in [4.69, 9.17) is 0 Å². The number of carbonyl (C=O) groups is 1. The zero-order valence-electron chi connectivity index (χ0n) is 12.4. The number of aromatic nitrogens is 3. The number of anilines is 2. The van der Waals surface area contributed by atoms with E-state index in [9.17, 15) is 9.18 Å². The summed E-state index contributed by atoms with van der Waals surface area (Å²) < 4.78 is 12.9. The summed E-state index contributed by atoms with van der Waals surface area (Å²) >= 11 is 0. The zero-order chi connectivity index (χ0) is 15.9. The van der Waals surface area contributed by atoms with Gasteiger partial charge >= 0.3 is 0 Å². The van der Waals surface area contributed by atoms with E-state index in [2.05, 4.69) is 20.3 Å². The highest BCUT2D eigenvalue weighted by Gasteiger charge is 2.61. The van der Waals surface area contributed by atoms with Gasteiger partial charge in [-0.3, -0.25) is 9.78 Å². The second kappa shape index (κ2) is 5.26. The minimum absolute atomic E-state index is 0.00401. The number of hydrogen-bond donors (Lipinski definition) is 1. The van der Waals surface area contributed by atoms with Crippen LogP contribution in [-0.2, 0) is 4.79 Å². The van der Waals surface area contributed by atoms with Crippen molar-refractivity contribution in [3.05, 3.63) is 42.7 Å². The Morgan fingerprint density at radius 2 is 2.17 bits per heavy atom. The molecule has 1 amide bonds. The van der Waals surface area contributed by atoms with Gasteiger partial charge in [-0.05, 0) is 25.0 Å². The lowest BCUT2D eigenvalue weighted by Crippen LogP contribution is -2.25. The molecule has 23 heavy (non-hydrogen) atoms. The lowest BCUT2D eigenvalue weighted by molar-refractivity contribution is -0.118. The van der Waals surface area contributed by atoms with Gasteiger partial charge < -0.3 is 10.2 Å². The van der Waals surface area contributed by atoms with Crippen LogP contribution in [0.5, 0.6) is 0 Å². The molecule has 2 fully saturated rings. The third-order valence-electron chi connectivity index (χ3n) is 4.71. The molecule has 3 heterocycles. The molecule has 0 bridgehead atoms. The molecule has 0 unspecified atom stereocenters. The van der Waals surface area contributed by atoms with E-state index in [0.717, 1.165) is 31.6 Å². The van der Waals surface area contributed by atoms with Crippen molar-refractivity contribution < 1.29 is 9.18 Å². The van der Waals surface area contributed by atoms with E-state index in [1.165, 1.54) is 12.4 Å². The van der Waals surface area contributed by atoms with Crippen molar-refractivity contribution >= 4 is 17.5 Å². The van der Waals surface area contributed by atoms with Gasteiger partial charge in [0.1, 0.15) is 0 Å². The summed E-state index contributed by atoms with van der Waals surface area (Å²) in [4.78, 5) is 26.4. The molecule has 7 heteroatoms. The topological polar surface area (TPSA) is 71.0 Å². The van der Waals surface area contributed by atoms with Gasteiger partial charge in [-0.1, -0.05) is 0 Å². The Kier molecular flexibility index (Phi) is 3.21. The van der Waals surface area contributed by atoms with Crippen molar-refractivity contribution in [3.63, 3.8) is 0 Å². The number of pyridine rings is 1. The first-order valence-electron chi connectivity index (χ1n) is 7.60. The molecule has 1 aliphatic heterocycles. The third-order valence-corrected chi connectivity index (χ3v) is 4.71. The van der Waals surface area contributed by atoms with E-state index in [0.29, 0.717) is 5.95 Å². The molecular weight excluding hydrogens is 297 g/mol. The summed E-state index contributed by atoms with van der Waals surface area (Å²) in [5.74, 6) is 0.137. The summed E-state index contributed by atoms with van der Waals surface area (Å²) in [6.07, 6.45) is 7.46. The van der Waals surface area contributed by atoms with Crippen molar-refractivity contribution in [2.24, 2.45) is 11.3 Å². The average Bonchev–Trinajstić information content (AvgIpc) is 3.10. The molecule has 118 valence electrons. The number of carbonyl (C=O) groups excluding carboxylic acids is 1. The smallest absolute Gasteiger partial charge is 0.228 e. The first-order valence-corrected chi connectivity index (χ1v) is 7.60. The van der Waals surface area contributed by atoms with Crippen LogP contribution in [0.2, 0.25) is 0 Å². The van der Waals surface area contributed by atoms with Crippen molar-refractivity contribution in [1.29, 1.82) is 0 Å². The molecule has 2 aromatic rings. The Bertz CT molecular complexity index is 723. The molecule has 1 saturated heterocycles. The van der Waals surface area contributed by atoms with Gasteiger partial charge in [0.15, 0.2) is 5.82 Å². The number of nitrogens with one attached hydrogen (secondary N) is 1. The fraction of sp³-hybridized carbons (Fsp3) is 0.375. The van der Waals surface area contributed by atoms with Gasteiger partial charge in [0.2, 0.25) is 11.9 Å². The van der Waals surface area contributed by atoms with E-state index < -0.39 is 5.82 Å². The number of hydrogen-bond acceptors (Lipinski definition) is 5. The molecule has 2 aliphatic rings. The highest BCUT2D eigenvalue weighted by atomic mass is 19.1. The van der Waals surface area contributed by atoms with Crippen molar-refractivity contribution in [2.45, 2.75) is 12.8 Å². The summed E-state index contributed by atoms with van der Waals surface area (Å²) in [7, 11) is 0. The average molecular weight is 313 g/mol. The number of halogens is 1. The van der Waals surface area contributed by atoms with Gasteiger partial charge in [0.25, 0.3) is 0 Å². The Balaban J connectivity index is 1.40. The van der Waals surface area contributed by atoms with E-state index in [1.807, 2.05) is 11.0 Å². The molecule has 1 spiro atoms. The van der Waals surface area contributed by atoms with E-state index in [-0.39, 0.29) is 17.2 Å². The summed E-state index contributed by atoms with van der Waals surface area (Å²) in [6.45, 7) is 1.53. The highest BCUT2D eigenvalue weighted by molar-refractivity contribution is 5.95. The third kappa shape index (κ3) is 2.62. The lowest BCUT2D eigenvalue weighted by atomic mass is 10.0.